The molecule has 2 aromatic rings. The van der Waals surface area contributed by atoms with Crippen molar-refractivity contribution in [3.05, 3.63) is 59.2 Å². The van der Waals surface area contributed by atoms with Crippen LogP contribution in [0.1, 0.15) is 67.7 Å². The second-order valence-corrected chi connectivity index (χ2v) is 10.6. The average molecular weight is 459 g/mol. The minimum absolute atomic E-state index is 0. The van der Waals surface area contributed by atoms with Gasteiger partial charge in [-0.05, 0) is 66.8 Å². The second-order valence-electron chi connectivity index (χ2n) is 9.25. The van der Waals surface area contributed by atoms with Gasteiger partial charge in [0.25, 0.3) is 0 Å². The number of thioether (sulfide) groups is 1. The number of nitrogens with two attached hydrogens (primary N) is 1. The summed E-state index contributed by atoms with van der Waals surface area (Å²) in [6.45, 7) is 1.80. The molecule has 2 fully saturated rings. The van der Waals surface area contributed by atoms with Gasteiger partial charge in [0.15, 0.2) is 0 Å². The lowest BCUT2D eigenvalue weighted by atomic mass is 9.81. The fourth-order valence-corrected chi connectivity index (χ4v) is 7.04. The number of ether oxygens (including phenoxy) is 1. The van der Waals surface area contributed by atoms with Crippen molar-refractivity contribution in [1.82, 2.24) is 5.01 Å². The highest BCUT2D eigenvalue weighted by molar-refractivity contribution is 8.00. The molecule has 0 aromatic heterocycles. The molecule has 0 unspecified atom stereocenters. The van der Waals surface area contributed by atoms with E-state index >= 15 is 0 Å². The number of hydrazine groups is 1. The topological polar surface area (TPSA) is 38.5 Å². The van der Waals surface area contributed by atoms with Crippen molar-refractivity contribution in [2.45, 2.75) is 74.0 Å². The van der Waals surface area contributed by atoms with Crippen LogP contribution in [0.4, 0.5) is 0 Å². The van der Waals surface area contributed by atoms with Gasteiger partial charge >= 0.3 is 0 Å². The molecule has 3 nitrogen and oxygen atoms in total. The molecule has 3 aliphatic rings. The van der Waals surface area contributed by atoms with Gasteiger partial charge in [0.1, 0.15) is 5.75 Å². The van der Waals surface area contributed by atoms with Crippen molar-refractivity contribution in [3.63, 3.8) is 0 Å². The van der Waals surface area contributed by atoms with E-state index in [4.69, 9.17) is 10.6 Å². The first-order chi connectivity index (χ1) is 14.8. The van der Waals surface area contributed by atoms with Gasteiger partial charge in [-0.25, -0.2) is 5.01 Å². The summed E-state index contributed by atoms with van der Waals surface area (Å²) in [5.41, 5.74) is 4.17. The van der Waals surface area contributed by atoms with Crippen molar-refractivity contribution >= 4 is 24.2 Å². The first kappa shape index (κ1) is 23.0. The maximum absolute atomic E-state index is 6.52. The Hall–Kier alpha value is -1.20. The minimum atomic E-state index is 0. The van der Waals surface area contributed by atoms with Crippen LogP contribution in [0.3, 0.4) is 0 Å². The number of piperidine rings is 1. The number of halogens is 1. The van der Waals surface area contributed by atoms with Gasteiger partial charge in [0.05, 0.1) is 12.6 Å². The molecule has 2 atom stereocenters. The van der Waals surface area contributed by atoms with Crippen molar-refractivity contribution in [2.75, 3.05) is 13.2 Å². The Morgan fingerprint density at radius 2 is 1.81 bits per heavy atom. The zero-order chi connectivity index (χ0) is 20.3. The monoisotopic (exact) mass is 458 g/mol. The molecule has 2 N–H and O–H groups in total. The van der Waals surface area contributed by atoms with E-state index in [9.17, 15) is 0 Å². The highest BCUT2D eigenvalue weighted by atomic mass is 35.5. The molecule has 1 aliphatic carbocycles. The van der Waals surface area contributed by atoms with Gasteiger partial charge in [0, 0.05) is 23.1 Å². The first-order valence-electron chi connectivity index (χ1n) is 11.8. The van der Waals surface area contributed by atoms with Gasteiger partial charge in [-0.15, -0.1) is 24.2 Å². The Kier molecular flexibility index (Phi) is 7.86. The molecule has 2 aromatic carbocycles. The molecule has 0 amide bonds. The molecule has 5 rings (SSSR count). The Balaban J connectivity index is 0.00000231. The van der Waals surface area contributed by atoms with Crippen LogP contribution in [0, 0.1) is 5.92 Å². The standard InChI is InChI=1S/C26H34N2OS.ClH/c27-28-14-7-10-20(25(28)19-8-3-1-4-9-19)16-22-18-24(17-21-13-15-29-26(21)22)30-23-11-5-2-6-12-23;/h1,3-4,8-9,17-18,20,23,25H,2,5-7,10-16,27H2;1H/t20-,25+;/m0./s1. The largest absolute Gasteiger partial charge is 0.493 e. The Bertz CT molecular complexity index is 856. The van der Waals surface area contributed by atoms with Crippen LogP contribution in [0.25, 0.3) is 0 Å². The summed E-state index contributed by atoms with van der Waals surface area (Å²) >= 11 is 2.11. The molecule has 0 radical (unpaired) electrons. The van der Waals surface area contributed by atoms with E-state index in [0.717, 1.165) is 31.2 Å². The van der Waals surface area contributed by atoms with Crippen LogP contribution in [0.5, 0.6) is 5.75 Å². The molecule has 1 saturated heterocycles. The van der Waals surface area contributed by atoms with Gasteiger partial charge in [-0.3, -0.25) is 5.84 Å². The van der Waals surface area contributed by atoms with Gasteiger partial charge in [-0.2, -0.15) is 0 Å². The summed E-state index contributed by atoms with van der Waals surface area (Å²) in [6.07, 6.45) is 11.4. The Morgan fingerprint density at radius 3 is 2.61 bits per heavy atom. The third-order valence-corrected chi connectivity index (χ3v) is 8.42. The lowest BCUT2D eigenvalue weighted by Crippen LogP contribution is -2.44. The number of hydrogen-bond donors (Lipinski definition) is 1. The van der Waals surface area contributed by atoms with E-state index in [0.29, 0.717) is 5.92 Å². The molecular formula is C26H35ClN2OS. The van der Waals surface area contributed by atoms with E-state index in [2.05, 4.69) is 59.2 Å². The molecule has 0 bridgehead atoms. The first-order valence-corrected chi connectivity index (χ1v) is 12.7. The summed E-state index contributed by atoms with van der Waals surface area (Å²) in [4.78, 5) is 1.46. The molecule has 31 heavy (non-hydrogen) atoms. The van der Waals surface area contributed by atoms with Crippen molar-refractivity contribution in [3.8, 4) is 5.75 Å². The van der Waals surface area contributed by atoms with Crippen LogP contribution in [0.2, 0.25) is 0 Å². The van der Waals surface area contributed by atoms with E-state index < -0.39 is 0 Å². The number of hydrogen-bond acceptors (Lipinski definition) is 4. The van der Waals surface area contributed by atoms with Crippen molar-refractivity contribution in [2.24, 2.45) is 11.8 Å². The lowest BCUT2D eigenvalue weighted by molar-refractivity contribution is 0.0922. The lowest BCUT2D eigenvalue weighted by Gasteiger charge is -2.39. The van der Waals surface area contributed by atoms with Crippen LogP contribution >= 0.6 is 24.2 Å². The zero-order valence-corrected chi connectivity index (χ0v) is 19.9. The average Bonchev–Trinajstić information content (AvgIpc) is 3.24. The number of fused-ring (bicyclic) bond motifs is 1. The highest BCUT2D eigenvalue weighted by Gasteiger charge is 2.32. The SMILES string of the molecule is Cl.NN1CCC[C@@H](Cc2cc(SC3CCCCC3)cc3c2OCC3)[C@H]1c1ccccc1. The third-order valence-electron chi connectivity index (χ3n) is 7.11. The number of rotatable bonds is 5. The van der Waals surface area contributed by atoms with Crippen LogP contribution in [0.15, 0.2) is 47.4 Å². The minimum Gasteiger partial charge on any atom is -0.493 e. The molecule has 0 spiro atoms. The summed E-state index contributed by atoms with van der Waals surface area (Å²) in [5, 5.41) is 2.86. The summed E-state index contributed by atoms with van der Waals surface area (Å²) in [6, 6.07) is 16.0. The van der Waals surface area contributed by atoms with Gasteiger partial charge < -0.3 is 4.74 Å². The van der Waals surface area contributed by atoms with Crippen molar-refractivity contribution in [1.29, 1.82) is 0 Å². The molecular weight excluding hydrogens is 424 g/mol. The van der Waals surface area contributed by atoms with E-state index in [1.807, 2.05) is 0 Å². The number of nitrogens with zero attached hydrogens (tertiary/aromatic N) is 1. The Labute approximate surface area is 197 Å². The molecule has 168 valence electrons. The second kappa shape index (κ2) is 10.6. The fourth-order valence-electron chi connectivity index (χ4n) is 5.67. The highest BCUT2D eigenvalue weighted by Crippen LogP contribution is 2.42. The fraction of sp³-hybridized carbons (Fsp3) is 0.538. The molecule has 5 heteroatoms. The van der Waals surface area contributed by atoms with Crippen LogP contribution < -0.4 is 10.6 Å². The predicted octanol–water partition coefficient (Wildman–Crippen LogP) is 6.34. The van der Waals surface area contributed by atoms with Gasteiger partial charge in [-0.1, -0.05) is 49.6 Å². The molecule has 1 saturated carbocycles. The molecule has 2 heterocycles. The summed E-state index contributed by atoms with van der Waals surface area (Å²) < 4.78 is 6.13. The quantitative estimate of drug-likeness (QED) is 0.530. The summed E-state index contributed by atoms with van der Waals surface area (Å²) in [7, 11) is 0. The normalized spacial score (nSPS) is 24.3. The smallest absolute Gasteiger partial charge is 0.125 e. The van der Waals surface area contributed by atoms with Crippen LogP contribution in [-0.4, -0.2) is 23.4 Å². The van der Waals surface area contributed by atoms with E-state index in [-0.39, 0.29) is 18.4 Å². The predicted molar refractivity (Wildman–Crippen MR) is 132 cm³/mol. The van der Waals surface area contributed by atoms with Gasteiger partial charge in [0.2, 0.25) is 0 Å². The molecule has 2 aliphatic heterocycles. The Morgan fingerprint density at radius 1 is 1.00 bits per heavy atom. The maximum atomic E-state index is 6.52. The third kappa shape index (κ3) is 5.24. The van der Waals surface area contributed by atoms with E-state index in [1.54, 1.807) is 0 Å². The summed E-state index contributed by atoms with van der Waals surface area (Å²) in [5.74, 6) is 8.21. The maximum Gasteiger partial charge on any atom is 0.125 e. The van der Waals surface area contributed by atoms with E-state index in [1.165, 1.54) is 72.3 Å². The number of benzene rings is 2. The van der Waals surface area contributed by atoms with Crippen LogP contribution in [-0.2, 0) is 12.8 Å². The van der Waals surface area contributed by atoms with Crippen molar-refractivity contribution < 1.29 is 4.74 Å². The zero-order valence-electron chi connectivity index (χ0n) is 18.3.